The summed E-state index contributed by atoms with van der Waals surface area (Å²) in [5.74, 6) is 1.34. The number of imidazole rings is 1. The van der Waals surface area contributed by atoms with E-state index in [4.69, 9.17) is 5.73 Å². The Kier molecular flexibility index (Phi) is 3.51. The van der Waals surface area contributed by atoms with E-state index in [2.05, 4.69) is 29.2 Å². The number of hydrogen-bond donors (Lipinski definition) is 1. The number of aromatic nitrogens is 2. The second-order valence-corrected chi connectivity index (χ2v) is 5.92. The summed E-state index contributed by atoms with van der Waals surface area (Å²) in [6.07, 6.45) is 6.85. The van der Waals surface area contributed by atoms with Crippen molar-refractivity contribution in [1.82, 2.24) is 9.55 Å². The number of nitrogen functional groups attached to an aromatic ring is 1. The van der Waals surface area contributed by atoms with Crippen LogP contribution in [0.25, 0.3) is 11.3 Å². The van der Waals surface area contributed by atoms with Crippen molar-refractivity contribution in [2.75, 3.05) is 5.73 Å². The number of rotatable bonds is 2. The highest BCUT2D eigenvalue weighted by Crippen LogP contribution is 2.34. The van der Waals surface area contributed by atoms with Crippen molar-refractivity contribution in [3.8, 4) is 11.3 Å². The number of nitrogens with zero attached hydrogens (tertiary/aromatic N) is 2. The van der Waals surface area contributed by atoms with E-state index in [0.29, 0.717) is 5.95 Å². The summed E-state index contributed by atoms with van der Waals surface area (Å²) in [5.41, 5.74) is 10.7. The highest BCUT2D eigenvalue weighted by molar-refractivity contribution is 5.65. The zero-order chi connectivity index (χ0) is 14.1. The largest absolute Gasteiger partial charge is 0.369 e. The SMILES string of the molecule is Cc1nc(N)n(C)c1-c1ccc(C2CCCCC2)cc1. The predicted octanol–water partition coefficient (Wildman–Crippen LogP) is 4.03. The van der Waals surface area contributed by atoms with E-state index in [1.807, 2.05) is 18.5 Å². The van der Waals surface area contributed by atoms with Crippen LogP contribution in [0, 0.1) is 6.92 Å². The fraction of sp³-hybridized carbons (Fsp3) is 0.471. The minimum absolute atomic E-state index is 0.578. The van der Waals surface area contributed by atoms with E-state index in [9.17, 15) is 0 Å². The van der Waals surface area contributed by atoms with Gasteiger partial charge in [0.1, 0.15) is 0 Å². The summed E-state index contributed by atoms with van der Waals surface area (Å²) < 4.78 is 1.96. The van der Waals surface area contributed by atoms with Gasteiger partial charge < -0.3 is 10.3 Å². The molecule has 1 aromatic heterocycles. The molecule has 0 aliphatic heterocycles. The lowest BCUT2D eigenvalue weighted by Crippen LogP contribution is -2.04. The highest BCUT2D eigenvalue weighted by Gasteiger charge is 2.16. The van der Waals surface area contributed by atoms with Crippen molar-refractivity contribution in [3.05, 3.63) is 35.5 Å². The molecule has 3 heteroatoms. The van der Waals surface area contributed by atoms with Crippen LogP contribution < -0.4 is 5.73 Å². The molecule has 0 amide bonds. The zero-order valence-corrected chi connectivity index (χ0v) is 12.4. The molecule has 1 heterocycles. The molecule has 1 aliphatic carbocycles. The summed E-state index contributed by atoms with van der Waals surface area (Å²) >= 11 is 0. The minimum Gasteiger partial charge on any atom is -0.369 e. The van der Waals surface area contributed by atoms with E-state index in [0.717, 1.165) is 17.3 Å². The Hall–Kier alpha value is -1.77. The van der Waals surface area contributed by atoms with Gasteiger partial charge in [-0.3, -0.25) is 0 Å². The average Bonchev–Trinajstić information content (AvgIpc) is 2.73. The van der Waals surface area contributed by atoms with Crippen LogP contribution in [0.15, 0.2) is 24.3 Å². The van der Waals surface area contributed by atoms with E-state index in [1.54, 1.807) is 0 Å². The van der Waals surface area contributed by atoms with Crippen LogP contribution in [0.3, 0.4) is 0 Å². The normalized spacial score (nSPS) is 16.5. The summed E-state index contributed by atoms with van der Waals surface area (Å²) in [6, 6.07) is 9.00. The highest BCUT2D eigenvalue weighted by atomic mass is 15.1. The summed E-state index contributed by atoms with van der Waals surface area (Å²) in [4.78, 5) is 4.34. The zero-order valence-electron chi connectivity index (χ0n) is 12.4. The average molecular weight is 269 g/mol. The molecule has 0 spiro atoms. The van der Waals surface area contributed by atoms with Crippen molar-refractivity contribution in [1.29, 1.82) is 0 Å². The number of anilines is 1. The van der Waals surface area contributed by atoms with E-state index < -0.39 is 0 Å². The standard InChI is InChI=1S/C17H23N3/c1-12-16(20(2)17(18)19-12)15-10-8-14(9-11-15)13-6-4-3-5-7-13/h8-11,13H,3-7H2,1-2H3,(H2,18,19). The number of aryl methyl sites for hydroxylation is 1. The van der Waals surface area contributed by atoms with Gasteiger partial charge in [0.25, 0.3) is 0 Å². The van der Waals surface area contributed by atoms with E-state index in [-0.39, 0.29) is 0 Å². The Morgan fingerprint density at radius 2 is 1.75 bits per heavy atom. The molecule has 0 atom stereocenters. The molecule has 1 aliphatic rings. The Balaban J connectivity index is 1.89. The van der Waals surface area contributed by atoms with Crippen molar-refractivity contribution < 1.29 is 0 Å². The molecule has 1 fully saturated rings. The molecule has 0 unspecified atom stereocenters. The van der Waals surface area contributed by atoms with Crippen molar-refractivity contribution in [2.45, 2.75) is 44.9 Å². The third-order valence-corrected chi connectivity index (χ3v) is 4.56. The second kappa shape index (κ2) is 5.31. The number of benzene rings is 1. The lowest BCUT2D eigenvalue weighted by molar-refractivity contribution is 0.443. The topological polar surface area (TPSA) is 43.8 Å². The predicted molar refractivity (Wildman–Crippen MR) is 83.6 cm³/mol. The Labute approximate surface area is 120 Å². The van der Waals surface area contributed by atoms with Crippen LogP contribution in [-0.2, 0) is 7.05 Å². The van der Waals surface area contributed by atoms with Crippen LogP contribution in [0.4, 0.5) is 5.95 Å². The van der Waals surface area contributed by atoms with Gasteiger partial charge >= 0.3 is 0 Å². The van der Waals surface area contributed by atoms with Gasteiger partial charge in [-0.2, -0.15) is 0 Å². The maximum atomic E-state index is 5.88. The first-order valence-electron chi connectivity index (χ1n) is 7.56. The first-order chi connectivity index (χ1) is 9.66. The van der Waals surface area contributed by atoms with Crippen molar-refractivity contribution >= 4 is 5.95 Å². The Bertz CT molecular complexity index is 589. The van der Waals surface area contributed by atoms with Crippen LogP contribution in [0.2, 0.25) is 0 Å². The molecular weight excluding hydrogens is 246 g/mol. The molecule has 3 rings (SSSR count). The van der Waals surface area contributed by atoms with Crippen LogP contribution in [0.5, 0.6) is 0 Å². The maximum absolute atomic E-state index is 5.88. The van der Waals surface area contributed by atoms with Gasteiger partial charge in [0.15, 0.2) is 0 Å². The molecule has 20 heavy (non-hydrogen) atoms. The third-order valence-electron chi connectivity index (χ3n) is 4.56. The minimum atomic E-state index is 0.578. The molecule has 1 aromatic carbocycles. The molecular formula is C17H23N3. The third kappa shape index (κ3) is 2.33. The molecule has 0 bridgehead atoms. The van der Waals surface area contributed by atoms with E-state index >= 15 is 0 Å². The van der Waals surface area contributed by atoms with Gasteiger partial charge in [-0.15, -0.1) is 0 Å². The molecule has 1 saturated carbocycles. The first kappa shape index (κ1) is 13.2. The molecule has 106 valence electrons. The maximum Gasteiger partial charge on any atom is 0.200 e. The van der Waals surface area contributed by atoms with Crippen LogP contribution in [-0.4, -0.2) is 9.55 Å². The summed E-state index contributed by atoms with van der Waals surface area (Å²) in [6.45, 7) is 2.01. The van der Waals surface area contributed by atoms with Gasteiger partial charge in [0.05, 0.1) is 11.4 Å². The summed E-state index contributed by atoms with van der Waals surface area (Å²) in [5, 5.41) is 0. The quantitative estimate of drug-likeness (QED) is 0.894. The lowest BCUT2D eigenvalue weighted by atomic mass is 9.84. The Morgan fingerprint density at radius 3 is 2.30 bits per heavy atom. The number of hydrogen-bond acceptors (Lipinski definition) is 2. The van der Waals surface area contributed by atoms with Crippen LogP contribution in [0.1, 0.15) is 49.3 Å². The van der Waals surface area contributed by atoms with Gasteiger partial charge in [-0.25, -0.2) is 4.98 Å². The molecule has 2 N–H and O–H groups in total. The lowest BCUT2D eigenvalue weighted by Gasteiger charge is -2.22. The summed E-state index contributed by atoms with van der Waals surface area (Å²) in [7, 11) is 1.97. The van der Waals surface area contributed by atoms with Crippen molar-refractivity contribution in [2.24, 2.45) is 7.05 Å². The number of nitrogens with two attached hydrogens (primary N) is 1. The molecule has 0 radical (unpaired) electrons. The molecule has 2 aromatic rings. The van der Waals surface area contributed by atoms with Gasteiger partial charge in [-0.05, 0) is 31.2 Å². The fourth-order valence-electron chi connectivity index (χ4n) is 3.41. The van der Waals surface area contributed by atoms with Gasteiger partial charge in [-0.1, -0.05) is 43.5 Å². The monoisotopic (exact) mass is 269 g/mol. The van der Waals surface area contributed by atoms with Crippen LogP contribution >= 0.6 is 0 Å². The fourth-order valence-corrected chi connectivity index (χ4v) is 3.41. The molecule has 0 saturated heterocycles. The Morgan fingerprint density at radius 1 is 1.10 bits per heavy atom. The van der Waals surface area contributed by atoms with Gasteiger partial charge in [0, 0.05) is 12.6 Å². The molecule has 3 nitrogen and oxygen atoms in total. The van der Waals surface area contributed by atoms with Gasteiger partial charge in [0.2, 0.25) is 5.95 Å². The smallest absolute Gasteiger partial charge is 0.200 e. The first-order valence-corrected chi connectivity index (χ1v) is 7.56. The second-order valence-electron chi connectivity index (χ2n) is 5.92. The van der Waals surface area contributed by atoms with Crippen molar-refractivity contribution in [3.63, 3.8) is 0 Å². The van der Waals surface area contributed by atoms with E-state index in [1.165, 1.54) is 43.2 Å².